The van der Waals surface area contributed by atoms with Crippen molar-refractivity contribution in [1.82, 2.24) is 0 Å². The Bertz CT molecular complexity index is 510. The second-order valence-electron chi connectivity index (χ2n) is 5.54. The van der Waals surface area contributed by atoms with Crippen molar-refractivity contribution in [3.8, 4) is 0 Å². The smallest absolute Gasteiger partial charge is 0.338 e. The van der Waals surface area contributed by atoms with Crippen LogP contribution in [-0.2, 0) is 4.74 Å². The summed E-state index contributed by atoms with van der Waals surface area (Å²) in [6.45, 7) is 5.89. The Hall–Kier alpha value is -2.17. The molecule has 0 aliphatic carbocycles. The summed E-state index contributed by atoms with van der Waals surface area (Å²) >= 11 is 0. The molecule has 5 heteroatoms. The van der Waals surface area contributed by atoms with E-state index in [1.54, 1.807) is 6.08 Å². The van der Waals surface area contributed by atoms with Gasteiger partial charge in [-0.15, -0.1) is 0 Å². The molecule has 1 aromatic carbocycles. The number of ether oxygens (including phenoxy) is 1. The van der Waals surface area contributed by atoms with Gasteiger partial charge in [0.1, 0.15) is 6.10 Å². The molecule has 0 spiro atoms. The largest absolute Gasteiger partial charge is 0.455 e. The van der Waals surface area contributed by atoms with Gasteiger partial charge in [-0.25, -0.2) is 4.79 Å². The van der Waals surface area contributed by atoms with E-state index >= 15 is 0 Å². The zero-order valence-corrected chi connectivity index (χ0v) is 13.7. The van der Waals surface area contributed by atoms with E-state index in [1.165, 1.54) is 49.9 Å². The Morgan fingerprint density at radius 2 is 1.83 bits per heavy atom. The van der Waals surface area contributed by atoms with Crippen molar-refractivity contribution in [3.05, 3.63) is 52.6 Å². The van der Waals surface area contributed by atoms with Crippen LogP contribution in [0.1, 0.15) is 62.2 Å². The predicted molar refractivity (Wildman–Crippen MR) is 90.5 cm³/mol. The van der Waals surface area contributed by atoms with Gasteiger partial charge in [0.05, 0.1) is 10.5 Å². The van der Waals surface area contributed by atoms with Crippen molar-refractivity contribution in [2.75, 3.05) is 0 Å². The Balaban J connectivity index is 2.40. The van der Waals surface area contributed by atoms with Crippen molar-refractivity contribution >= 4 is 11.7 Å². The molecular formula is C18H25NO4. The van der Waals surface area contributed by atoms with Crippen molar-refractivity contribution < 1.29 is 14.5 Å². The summed E-state index contributed by atoms with van der Waals surface area (Å²) in [5.41, 5.74) is 0.263. The highest BCUT2D eigenvalue weighted by Gasteiger charge is 2.14. The lowest BCUT2D eigenvalue weighted by atomic mass is 10.1. The van der Waals surface area contributed by atoms with Crippen LogP contribution in [0.3, 0.4) is 0 Å². The maximum atomic E-state index is 12.0. The van der Waals surface area contributed by atoms with Crippen molar-refractivity contribution in [2.45, 2.75) is 58.0 Å². The molecule has 0 N–H and O–H groups in total. The van der Waals surface area contributed by atoms with E-state index in [4.69, 9.17) is 4.74 Å². The van der Waals surface area contributed by atoms with Gasteiger partial charge in [0.15, 0.2) is 0 Å². The summed E-state index contributed by atoms with van der Waals surface area (Å²) in [7, 11) is 0. The quantitative estimate of drug-likeness (QED) is 0.188. The maximum Gasteiger partial charge on any atom is 0.338 e. The van der Waals surface area contributed by atoms with Crippen LogP contribution in [0.15, 0.2) is 36.9 Å². The van der Waals surface area contributed by atoms with Gasteiger partial charge >= 0.3 is 5.97 Å². The van der Waals surface area contributed by atoms with Gasteiger partial charge in [0.2, 0.25) is 0 Å². The zero-order chi connectivity index (χ0) is 17.1. The molecule has 0 saturated carbocycles. The number of nitrogens with zero attached hydrogens (tertiary/aromatic N) is 1. The van der Waals surface area contributed by atoms with Gasteiger partial charge < -0.3 is 4.74 Å². The summed E-state index contributed by atoms with van der Waals surface area (Å²) < 4.78 is 5.39. The fourth-order valence-corrected chi connectivity index (χ4v) is 2.28. The molecule has 1 atom stereocenters. The van der Waals surface area contributed by atoms with E-state index < -0.39 is 10.9 Å². The van der Waals surface area contributed by atoms with Crippen molar-refractivity contribution in [3.63, 3.8) is 0 Å². The number of esters is 1. The number of non-ortho nitro benzene ring substituents is 1. The van der Waals surface area contributed by atoms with Crippen LogP contribution in [0.4, 0.5) is 5.69 Å². The van der Waals surface area contributed by atoms with Crippen LogP contribution >= 0.6 is 0 Å². The number of unbranched alkanes of at least 4 members (excludes halogenated alkanes) is 5. The highest BCUT2D eigenvalue weighted by Crippen LogP contribution is 2.15. The molecule has 0 aliphatic rings. The average Bonchev–Trinajstić information content (AvgIpc) is 2.56. The van der Waals surface area contributed by atoms with Crippen LogP contribution in [0.25, 0.3) is 0 Å². The van der Waals surface area contributed by atoms with E-state index in [-0.39, 0.29) is 11.8 Å². The van der Waals surface area contributed by atoms with Gasteiger partial charge in [-0.1, -0.05) is 51.7 Å². The first-order valence-electron chi connectivity index (χ1n) is 8.16. The molecule has 126 valence electrons. The zero-order valence-electron chi connectivity index (χ0n) is 13.7. The van der Waals surface area contributed by atoms with Crippen molar-refractivity contribution in [2.24, 2.45) is 0 Å². The number of nitro groups is 1. The van der Waals surface area contributed by atoms with Gasteiger partial charge in [-0.05, 0) is 25.0 Å². The molecule has 1 rings (SSSR count). The molecule has 0 bridgehead atoms. The Morgan fingerprint density at radius 1 is 1.22 bits per heavy atom. The number of benzene rings is 1. The monoisotopic (exact) mass is 319 g/mol. The highest BCUT2D eigenvalue weighted by atomic mass is 16.6. The van der Waals surface area contributed by atoms with Crippen LogP contribution in [0.5, 0.6) is 0 Å². The lowest BCUT2D eigenvalue weighted by Gasteiger charge is -2.14. The summed E-state index contributed by atoms with van der Waals surface area (Å²) in [6, 6.07) is 5.41. The normalized spacial score (nSPS) is 11.7. The first-order valence-corrected chi connectivity index (χ1v) is 8.16. The molecule has 1 unspecified atom stereocenters. The molecule has 0 fully saturated rings. The maximum absolute atomic E-state index is 12.0. The third-order valence-electron chi connectivity index (χ3n) is 3.68. The van der Waals surface area contributed by atoms with E-state index in [0.29, 0.717) is 5.56 Å². The summed E-state index contributed by atoms with van der Waals surface area (Å²) in [5.74, 6) is -0.476. The van der Waals surface area contributed by atoms with Crippen molar-refractivity contribution in [1.29, 1.82) is 0 Å². The molecule has 0 saturated heterocycles. The average molecular weight is 319 g/mol. The third kappa shape index (κ3) is 7.08. The molecule has 0 heterocycles. The number of rotatable bonds is 11. The second kappa shape index (κ2) is 10.5. The third-order valence-corrected chi connectivity index (χ3v) is 3.68. The van der Waals surface area contributed by atoms with Gasteiger partial charge in [-0.3, -0.25) is 10.1 Å². The van der Waals surface area contributed by atoms with Gasteiger partial charge in [-0.2, -0.15) is 0 Å². The SMILES string of the molecule is C=CC(CCCCCCCC)OC(=O)c1ccc([N+](=O)[O-])cc1. The fourth-order valence-electron chi connectivity index (χ4n) is 2.28. The summed E-state index contributed by atoms with van der Waals surface area (Å²) in [6.07, 6.45) is 9.13. The first kappa shape index (κ1) is 18.9. The standard InChI is InChI=1S/C18H25NO4/c1-3-5-6-7-8-9-10-17(4-2)23-18(20)15-11-13-16(14-12-15)19(21)22/h4,11-14,17H,2-3,5-10H2,1H3. The topological polar surface area (TPSA) is 69.4 Å². The molecular weight excluding hydrogens is 294 g/mol. The number of carbonyl (C=O) groups is 1. The molecule has 1 aromatic rings. The predicted octanol–water partition coefficient (Wildman–Crippen LogP) is 5.06. The van der Waals surface area contributed by atoms with Crippen LogP contribution in [0.2, 0.25) is 0 Å². The number of hydrogen-bond donors (Lipinski definition) is 0. The highest BCUT2D eigenvalue weighted by molar-refractivity contribution is 5.89. The van der Waals surface area contributed by atoms with E-state index in [0.717, 1.165) is 19.3 Å². The molecule has 23 heavy (non-hydrogen) atoms. The molecule has 5 nitrogen and oxygen atoms in total. The minimum absolute atomic E-state index is 0.0473. The van der Waals surface area contributed by atoms with E-state index in [1.807, 2.05) is 0 Å². The molecule has 0 aliphatic heterocycles. The lowest BCUT2D eigenvalue weighted by molar-refractivity contribution is -0.384. The Kier molecular flexibility index (Phi) is 8.65. The van der Waals surface area contributed by atoms with E-state index in [9.17, 15) is 14.9 Å². The molecule has 0 aromatic heterocycles. The Morgan fingerprint density at radius 3 is 2.39 bits per heavy atom. The van der Waals surface area contributed by atoms with Crippen LogP contribution in [-0.4, -0.2) is 17.0 Å². The first-order chi connectivity index (χ1) is 11.1. The minimum atomic E-state index is -0.500. The summed E-state index contributed by atoms with van der Waals surface area (Å²) in [5, 5.41) is 10.6. The molecule has 0 amide bonds. The Labute approximate surface area is 137 Å². The number of hydrogen-bond acceptors (Lipinski definition) is 4. The van der Waals surface area contributed by atoms with Crippen LogP contribution < -0.4 is 0 Å². The fraction of sp³-hybridized carbons (Fsp3) is 0.500. The summed E-state index contributed by atoms with van der Waals surface area (Å²) in [4.78, 5) is 22.1. The molecule has 0 radical (unpaired) electrons. The minimum Gasteiger partial charge on any atom is -0.455 e. The number of carbonyl (C=O) groups excluding carboxylic acids is 1. The van der Waals surface area contributed by atoms with Gasteiger partial charge in [0, 0.05) is 12.1 Å². The second-order valence-corrected chi connectivity index (χ2v) is 5.54. The lowest BCUT2D eigenvalue weighted by Crippen LogP contribution is -2.16. The van der Waals surface area contributed by atoms with Gasteiger partial charge in [0.25, 0.3) is 5.69 Å². The number of nitro benzene ring substituents is 1. The van der Waals surface area contributed by atoms with E-state index in [2.05, 4.69) is 13.5 Å². The van der Waals surface area contributed by atoms with Crippen LogP contribution in [0, 0.1) is 10.1 Å².